The van der Waals surface area contributed by atoms with Crippen LogP contribution in [0.25, 0.3) is 5.57 Å². The van der Waals surface area contributed by atoms with Gasteiger partial charge in [-0.3, -0.25) is 4.98 Å². The first-order chi connectivity index (χ1) is 13.5. The van der Waals surface area contributed by atoms with Crippen molar-refractivity contribution in [1.82, 2.24) is 14.8 Å². The lowest BCUT2D eigenvalue weighted by molar-refractivity contribution is 0.217. The van der Waals surface area contributed by atoms with Crippen LogP contribution in [0.4, 0.5) is 14.9 Å². The van der Waals surface area contributed by atoms with E-state index in [0.717, 1.165) is 23.4 Å². The van der Waals surface area contributed by atoms with Crippen molar-refractivity contribution in [1.29, 1.82) is 0 Å². The van der Waals surface area contributed by atoms with Gasteiger partial charge in [0.05, 0.1) is 10.7 Å². The highest BCUT2D eigenvalue weighted by Crippen LogP contribution is 2.28. The number of halogens is 2. The van der Waals surface area contributed by atoms with Gasteiger partial charge >= 0.3 is 6.03 Å². The summed E-state index contributed by atoms with van der Waals surface area (Å²) in [5, 5.41) is 3.48. The fraction of sp³-hybridized carbons (Fsp3) is 0.333. The van der Waals surface area contributed by atoms with Gasteiger partial charge in [-0.1, -0.05) is 29.8 Å². The minimum atomic E-state index is -0.513. The molecule has 1 aromatic carbocycles. The van der Waals surface area contributed by atoms with Gasteiger partial charge in [-0.25, -0.2) is 9.18 Å². The Bertz CT molecular complexity index is 867. The van der Waals surface area contributed by atoms with E-state index >= 15 is 0 Å². The highest BCUT2D eigenvalue weighted by atomic mass is 35.5. The minimum Gasteiger partial charge on any atom is -0.320 e. The normalized spacial score (nSPS) is 14.2. The lowest BCUT2D eigenvalue weighted by Gasteiger charge is -2.27. The van der Waals surface area contributed by atoms with Crippen molar-refractivity contribution in [2.45, 2.75) is 19.6 Å². The minimum absolute atomic E-state index is 0.177. The van der Waals surface area contributed by atoms with Crippen LogP contribution in [0.3, 0.4) is 0 Å². The van der Waals surface area contributed by atoms with Crippen molar-refractivity contribution in [2.24, 2.45) is 0 Å². The molecule has 1 aromatic heterocycles. The number of rotatable bonds is 5. The van der Waals surface area contributed by atoms with E-state index in [-0.39, 0.29) is 6.03 Å². The summed E-state index contributed by atoms with van der Waals surface area (Å²) in [5.41, 5.74) is 4.14. The highest BCUT2D eigenvalue weighted by Gasteiger charge is 2.20. The molecule has 2 aromatic rings. The van der Waals surface area contributed by atoms with Crippen molar-refractivity contribution in [3.05, 3.63) is 64.4 Å². The molecule has 0 fully saturated rings. The van der Waals surface area contributed by atoms with Crippen molar-refractivity contribution < 1.29 is 9.18 Å². The molecule has 1 N–H and O–H groups in total. The number of nitrogens with one attached hydrogen (secondary N) is 1. The van der Waals surface area contributed by atoms with E-state index in [1.54, 1.807) is 29.2 Å². The molecule has 0 aliphatic carbocycles. The molecule has 0 saturated heterocycles. The SMILES string of the molecule is CN(C)Cc1cnc(C2=CCN(C(=O)Nc3ccc(CF)cc3)CC2)c(Cl)c1. The van der Waals surface area contributed by atoms with E-state index in [9.17, 15) is 9.18 Å². The number of alkyl halides is 1. The number of anilines is 1. The lowest BCUT2D eigenvalue weighted by atomic mass is 10.0. The molecular weight excluding hydrogens is 379 g/mol. The third kappa shape index (κ3) is 5.09. The fourth-order valence-corrected chi connectivity index (χ4v) is 3.42. The maximum absolute atomic E-state index is 12.6. The molecule has 0 unspecified atom stereocenters. The van der Waals surface area contributed by atoms with Gasteiger partial charge in [0, 0.05) is 31.5 Å². The summed E-state index contributed by atoms with van der Waals surface area (Å²) in [7, 11) is 4.00. The summed E-state index contributed by atoms with van der Waals surface area (Å²) < 4.78 is 12.6. The van der Waals surface area contributed by atoms with E-state index < -0.39 is 6.67 Å². The standard InChI is InChI=1S/C21H24ClFN4O/c1-26(2)14-16-11-19(22)20(24-13-16)17-7-9-27(10-8-17)21(28)25-18-5-3-15(12-23)4-6-18/h3-7,11,13H,8-10,12,14H2,1-2H3,(H,25,28). The zero-order valence-electron chi connectivity index (χ0n) is 16.1. The number of hydrogen-bond acceptors (Lipinski definition) is 3. The number of nitrogens with zero attached hydrogens (tertiary/aromatic N) is 3. The van der Waals surface area contributed by atoms with E-state index in [4.69, 9.17) is 11.6 Å². The van der Waals surface area contributed by atoms with Crippen LogP contribution in [0.2, 0.25) is 5.02 Å². The molecule has 28 heavy (non-hydrogen) atoms. The van der Waals surface area contributed by atoms with Crippen molar-refractivity contribution in [3.63, 3.8) is 0 Å². The average Bonchev–Trinajstić information content (AvgIpc) is 2.68. The third-order valence-electron chi connectivity index (χ3n) is 4.56. The summed E-state index contributed by atoms with van der Waals surface area (Å²) in [6.45, 7) is 1.34. The number of pyridine rings is 1. The molecule has 148 valence electrons. The number of benzene rings is 1. The number of carbonyl (C=O) groups excluding carboxylic acids is 1. The Morgan fingerprint density at radius 3 is 2.61 bits per heavy atom. The molecule has 2 amide bonds. The highest BCUT2D eigenvalue weighted by molar-refractivity contribution is 6.32. The van der Waals surface area contributed by atoms with Crippen LogP contribution in [0.1, 0.15) is 23.2 Å². The Hall–Kier alpha value is -2.44. The van der Waals surface area contributed by atoms with Crippen LogP contribution < -0.4 is 5.32 Å². The first kappa shape index (κ1) is 20.3. The van der Waals surface area contributed by atoms with E-state index in [0.29, 0.717) is 35.8 Å². The van der Waals surface area contributed by atoms with Gasteiger partial charge in [-0.2, -0.15) is 0 Å². The molecule has 0 saturated carbocycles. The van der Waals surface area contributed by atoms with Crippen LogP contribution in [-0.2, 0) is 13.2 Å². The smallest absolute Gasteiger partial charge is 0.320 e. The van der Waals surface area contributed by atoms with E-state index in [1.807, 2.05) is 32.4 Å². The average molecular weight is 403 g/mol. The van der Waals surface area contributed by atoms with Gasteiger partial charge in [0.15, 0.2) is 0 Å². The zero-order chi connectivity index (χ0) is 20.1. The van der Waals surface area contributed by atoms with Gasteiger partial charge in [-0.05, 0) is 55.4 Å². The van der Waals surface area contributed by atoms with Crippen molar-refractivity contribution >= 4 is 28.9 Å². The number of hydrogen-bond donors (Lipinski definition) is 1. The Kier molecular flexibility index (Phi) is 6.65. The third-order valence-corrected chi connectivity index (χ3v) is 4.84. The Labute approximate surface area is 169 Å². The number of amides is 2. The molecule has 0 atom stereocenters. The summed E-state index contributed by atoms with van der Waals surface area (Å²) in [4.78, 5) is 20.8. The molecule has 0 bridgehead atoms. The quantitative estimate of drug-likeness (QED) is 0.795. The fourth-order valence-electron chi connectivity index (χ4n) is 3.11. The summed E-state index contributed by atoms with van der Waals surface area (Å²) in [5.74, 6) is 0. The summed E-state index contributed by atoms with van der Waals surface area (Å²) in [6, 6.07) is 8.51. The second kappa shape index (κ2) is 9.17. The first-order valence-electron chi connectivity index (χ1n) is 9.15. The van der Waals surface area contributed by atoms with Gasteiger partial charge in [0.25, 0.3) is 0 Å². The Morgan fingerprint density at radius 1 is 1.29 bits per heavy atom. The summed E-state index contributed by atoms with van der Waals surface area (Å²) >= 11 is 6.44. The molecule has 1 aliphatic heterocycles. The molecule has 5 nitrogen and oxygen atoms in total. The first-order valence-corrected chi connectivity index (χ1v) is 9.53. The van der Waals surface area contributed by atoms with Crippen LogP contribution in [0.5, 0.6) is 0 Å². The van der Waals surface area contributed by atoms with Crippen LogP contribution in [-0.4, -0.2) is 48.0 Å². The predicted molar refractivity (Wildman–Crippen MR) is 111 cm³/mol. The van der Waals surface area contributed by atoms with E-state index in [2.05, 4.69) is 15.2 Å². The number of aromatic nitrogens is 1. The molecule has 0 spiro atoms. The monoisotopic (exact) mass is 402 g/mol. The van der Waals surface area contributed by atoms with Crippen molar-refractivity contribution in [2.75, 3.05) is 32.5 Å². The van der Waals surface area contributed by atoms with Gasteiger partial charge < -0.3 is 15.1 Å². The Morgan fingerprint density at radius 2 is 2.04 bits per heavy atom. The van der Waals surface area contributed by atoms with Crippen molar-refractivity contribution in [3.8, 4) is 0 Å². The molecule has 7 heteroatoms. The zero-order valence-corrected chi connectivity index (χ0v) is 16.8. The maximum Gasteiger partial charge on any atom is 0.322 e. The van der Waals surface area contributed by atoms with Gasteiger partial charge in [0.2, 0.25) is 0 Å². The molecule has 2 heterocycles. The van der Waals surface area contributed by atoms with Crippen LogP contribution in [0, 0.1) is 0 Å². The topological polar surface area (TPSA) is 48.5 Å². The largest absolute Gasteiger partial charge is 0.322 e. The van der Waals surface area contributed by atoms with Crippen LogP contribution in [0.15, 0.2) is 42.6 Å². The van der Waals surface area contributed by atoms with Gasteiger partial charge in [-0.15, -0.1) is 0 Å². The molecular formula is C21H24ClFN4O. The van der Waals surface area contributed by atoms with Crippen LogP contribution >= 0.6 is 11.6 Å². The Balaban J connectivity index is 1.62. The molecule has 3 rings (SSSR count). The number of urea groups is 1. The number of carbonyl (C=O) groups is 1. The van der Waals surface area contributed by atoms with Gasteiger partial charge in [0.1, 0.15) is 6.67 Å². The second-order valence-corrected chi connectivity index (χ2v) is 7.51. The lowest BCUT2D eigenvalue weighted by Crippen LogP contribution is -2.37. The second-order valence-electron chi connectivity index (χ2n) is 7.10. The molecule has 0 radical (unpaired) electrons. The summed E-state index contributed by atoms with van der Waals surface area (Å²) in [6.07, 6.45) is 4.53. The molecule has 1 aliphatic rings. The maximum atomic E-state index is 12.6. The predicted octanol–water partition coefficient (Wildman–Crippen LogP) is 4.59. The van der Waals surface area contributed by atoms with E-state index in [1.165, 1.54) is 0 Å².